The minimum atomic E-state index is -0.0656. The van der Waals surface area contributed by atoms with E-state index in [2.05, 4.69) is 59.6 Å². The zero-order chi connectivity index (χ0) is 21.2. The molecule has 0 aliphatic rings. The highest BCUT2D eigenvalue weighted by molar-refractivity contribution is 5.92. The Morgan fingerprint density at radius 1 is 0.867 bits per heavy atom. The fourth-order valence-corrected chi connectivity index (χ4v) is 3.41. The van der Waals surface area contributed by atoms with Crippen molar-refractivity contribution in [3.05, 3.63) is 101 Å². The number of rotatable bonds is 9. The molecule has 0 saturated carbocycles. The largest absolute Gasteiger partial charge is 0.326 e. The second-order valence-electron chi connectivity index (χ2n) is 7.43. The number of hydrogen-bond acceptors (Lipinski definition) is 3. The van der Waals surface area contributed by atoms with Crippen LogP contribution in [0.15, 0.2) is 78.9 Å². The highest BCUT2D eigenvalue weighted by atomic mass is 16.1. The minimum Gasteiger partial charge on any atom is -0.326 e. The van der Waals surface area contributed by atoms with E-state index in [1.165, 1.54) is 11.1 Å². The first kappa shape index (κ1) is 21.3. The highest BCUT2D eigenvalue weighted by Gasteiger charge is 2.08. The van der Waals surface area contributed by atoms with E-state index in [1.807, 2.05) is 30.3 Å². The van der Waals surface area contributed by atoms with Gasteiger partial charge in [0.2, 0.25) is 5.91 Å². The molecule has 0 spiro atoms. The molecule has 1 amide bonds. The van der Waals surface area contributed by atoms with Gasteiger partial charge in [-0.2, -0.15) is 5.26 Å². The van der Waals surface area contributed by atoms with Crippen molar-refractivity contribution in [1.29, 1.82) is 5.26 Å². The van der Waals surface area contributed by atoms with Gasteiger partial charge in [-0.1, -0.05) is 61.5 Å². The van der Waals surface area contributed by atoms with Crippen LogP contribution >= 0.6 is 0 Å². The van der Waals surface area contributed by atoms with Crippen LogP contribution in [0.1, 0.15) is 35.6 Å². The number of nitrogens with zero attached hydrogens (tertiary/aromatic N) is 2. The van der Waals surface area contributed by atoms with Gasteiger partial charge in [-0.25, -0.2) is 0 Å². The Labute approximate surface area is 178 Å². The molecule has 0 saturated heterocycles. The van der Waals surface area contributed by atoms with Gasteiger partial charge in [0, 0.05) is 18.8 Å². The van der Waals surface area contributed by atoms with Crippen molar-refractivity contribution in [2.45, 2.75) is 32.9 Å². The van der Waals surface area contributed by atoms with Gasteiger partial charge in [0.05, 0.1) is 18.1 Å². The Hall–Kier alpha value is -3.42. The van der Waals surface area contributed by atoms with E-state index in [9.17, 15) is 4.79 Å². The monoisotopic (exact) mass is 397 g/mol. The van der Waals surface area contributed by atoms with Gasteiger partial charge in [-0.3, -0.25) is 9.69 Å². The summed E-state index contributed by atoms with van der Waals surface area (Å²) in [5.74, 6) is -0.0656. The fourth-order valence-electron chi connectivity index (χ4n) is 3.41. The van der Waals surface area contributed by atoms with Crippen molar-refractivity contribution in [1.82, 2.24) is 4.90 Å². The van der Waals surface area contributed by atoms with Gasteiger partial charge in [0.15, 0.2) is 0 Å². The number of hydrogen-bond donors (Lipinski definition) is 1. The zero-order valence-corrected chi connectivity index (χ0v) is 17.3. The first-order valence-corrected chi connectivity index (χ1v) is 10.3. The molecule has 0 atom stereocenters. The number of nitrogens with one attached hydrogen (secondary N) is 1. The molecular formula is C26H27N3O. The summed E-state index contributed by atoms with van der Waals surface area (Å²) in [4.78, 5) is 14.7. The lowest BCUT2D eigenvalue weighted by Crippen LogP contribution is -2.23. The van der Waals surface area contributed by atoms with Crippen LogP contribution in [0.5, 0.6) is 0 Å². The van der Waals surface area contributed by atoms with Crippen molar-refractivity contribution in [2.24, 2.45) is 0 Å². The summed E-state index contributed by atoms with van der Waals surface area (Å²) in [7, 11) is 0. The zero-order valence-electron chi connectivity index (χ0n) is 17.3. The molecule has 0 heterocycles. The summed E-state index contributed by atoms with van der Waals surface area (Å²) >= 11 is 0. The summed E-state index contributed by atoms with van der Waals surface area (Å²) in [6.07, 6.45) is 1.39. The average Bonchev–Trinajstić information content (AvgIpc) is 2.76. The van der Waals surface area contributed by atoms with E-state index in [0.29, 0.717) is 5.56 Å². The number of nitriles is 1. The molecular weight excluding hydrogens is 370 g/mol. The first-order chi connectivity index (χ1) is 14.7. The van der Waals surface area contributed by atoms with Crippen LogP contribution in [0.25, 0.3) is 0 Å². The van der Waals surface area contributed by atoms with Crippen LogP contribution in [0, 0.1) is 11.3 Å². The molecule has 3 aromatic rings. The standard InChI is InChI=1S/C26H27N3O/c1-2-16-29(19-23-6-4-3-5-7-23)20-24-12-14-25(15-13-24)28-26(30)17-21-8-10-22(18-27)11-9-21/h3-15H,2,16-17,19-20H2,1H3,(H,28,30). The van der Waals surface area contributed by atoms with Gasteiger partial charge >= 0.3 is 0 Å². The first-order valence-electron chi connectivity index (χ1n) is 10.3. The lowest BCUT2D eigenvalue weighted by atomic mass is 10.1. The van der Waals surface area contributed by atoms with Crippen LogP contribution in [-0.2, 0) is 24.3 Å². The second kappa shape index (κ2) is 10.9. The van der Waals surface area contributed by atoms with E-state index in [0.717, 1.165) is 37.3 Å². The number of benzene rings is 3. The van der Waals surface area contributed by atoms with E-state index < -0.39 is 0 Å². The maximum atomic E-state index is 12.3. The Kier molecular flexibility index (Phi) is 7.77. The predicted octanol–water partition coefficient (Wildman–Crippen LogP) is 5.15. The van der Waals surface area contributed by atoms with E-state index in [-0.39, 0.29) is 12.3 Å². The molecule has 0 bridgehead atoms. The summed E-state index contributed by atoms with van der Waals surface area (Å²) in [6, 6.07) is 27.8. The second-order valence-corrected chi connectivity index (χ2v) is 7.43. The van der Waals surface area contributed by atoms with Crippen molar-refractivity contribution < 1.29 is 4.79 Å². The van der Waals surface area contributed by atoms with Crippen LogP contribution in [0.2, 0.25) is 0 Å². The molecule has 0 radical (unpaired) electrons. The number of anilines is 1. The third kappa shape index (κ3) is 6.58. The topological polar surface area (TPSA) is 56.1 Å². The third-order valence-electron chi connectivity index (χ3n) is 4.88. The molecule has 4 nitrogen and oxygen atoms in total. The smallest absolute Gasteiger partial charge is 0.228 e. The maximum absolute atomic E-state index is 12.3. The van der Waals surface area contributed by atoms with Gasteiger partial charge < -0.3 is 5.32 Å². The van der Waals surface area contributed by atoms with Crippen LogP contribution in [0.4, 0.5) is 5.69 Å². The summed E-state index contributed by atoms with van der Waals surface area (Å²) in [6.45, 7) is 5.04. The van der Waals surface area contributed by atoms with Gasteiger partial charge in [0.25, 0.3) is 0 Å². The molecule has 0 aliphatic heterocycles. The van der Waals surface area contributed by atoms with Gasteiger partial charge in [-0.05, 0) is 53.9 Å². The van der Waals surface area contributed by atoms with Crippen molar-refractivity contribution in [3.8, 4) is 6.07 Å². The van der Waals surface area contributed by atoms with E-state index in [4.69, 9.17) is 5.26 Å². The van der Waals surface area contributed by atoms with E-state index in [1.54, 1.807) is 12.1 Å². The number of amides is 1. The van der Waals surface area contributed by atoms with Crippen molar-refractivity contribution >= 4 is 11.6 Å². The average molecular weight is 398 g/mol. The Bertz CT molecular complexity index is 974. The minimum absolute atomic E-state index is 0.0656. The maximum Gasteiger partial charge on any atom is 0.228 e. The van der Waals surface area contributed by atoms with Gasteiger partial charge in [0.1, 0.15) is 0 Å². The lowest BCUT2D eigenvalue weighted by Gasteiger charge is -2.22. The quantitative estimate of drug-likeness (QED) is 0.543. The van der Waals surface area contributed by atoms with Crippen LogP contribution in [0.3, 0.4) is 0 Å². The molecule has 1 N–H and O–H groups in total. The molecule has 3 rings (SSSR count). The molecule has 0 aliphatic carbocycles. The summed E-state index contributed by atoms with van der Waals surface area (Å²) < 4.78 is 0. The predicted molar refractivity (Wildman–Crippen MR) is 121 cm³/mol. The Balaban J connectivity index is 1.55. The van der Waals surface area contributed by atoms with Crippen LogP contribution < -0.4 is 5.32 Å². The van der Waals surface area contributed by atoms with Crippen LogP contribution in [-0.4, -0.2) is 17.4 Å². The summed E-state index contributed by atoms with van der Waals surface area (Å²) in [5, 5.41) is 11.8. The van der Waals surface area contributed by atoms with Crippen molar-refractivity contribution in [2.75, 3.05) is 11.9 Å². The van der Waals surface area contributed by atoms with Gasteiger partial charge in [-0.15, -0.1) is 0 Å². The molecule has 4 heteroatoms. The molecule has 0 unspecified atom stereocenters. The molecule has 30 heavy (non-hydrogen) atoms. The third-order valence-corrected chi connectivity index (χ3v) is 4.88. The fraction of sp³-hybridized carbons (Fsp3) is 0.231. The molecule has 152 valence electrons. The number of carbonyl (C=O) groups is 1. The highest BCUT2D eigenvalue weighted by Crippen LogP contribution is 2.15. The number of carbonyl (C=O) groups excluding carboxylic acids is 1. The summed E-state index contributed by atoms with van der Waals surface area (Å²) in [5.41, 5.74) is 4.82. The molecule has 0 fully saturated rings. The normalized spacial score (nSPS) is 10.6. The Morgan fingerprint density at radius 3 is 2.07 bits per heavy atom. The van der Waals surface area contributed by atoms with Crippen molar-refractivity contribution in [3.63, 3.8) is 0 Å². The SMILES string of the molecule is CCCN(Cc1ccccc1)Cc1ccc(NC(=O)Cc2ccc(C#N)cc2)cc1. The lowest BCUT2D eigenvalue weighted by molar-refractivity contribution is -0.115. The Morgan fingerprint density at radius 2 is 1.47 bits per heavy atom. The molecule has 3 aromatic carbocycles. The molecule has 0 aromatic heterocycles. The van der Waals surface area contributed by atoms with E-state index >= 15 is 0 Å².